The second kappa shape index (κ2) is 5.69. The molecule has 0 aliphatic carbocycles. The van der Waals surface area contributed by atoms with Crippen LogP contribution in [-0.2, 0) is 0 Å². The van der Waals surface area contributed by atoms with E-state index in [1.54, 1.807) is 11.8 Å². The van der Waals surface area contributed by atoms with Gasteiger partial charge in [0.2, 0.25) is 0 Å². The molecule has 0 amide bonds. The van der Waals surface area contributed by atoms with Crippen LogP contribution in [0.25, 0.3) is 0 Å². The molecule has 0 bridgehead atoms. The van der Waals surface area contributed by atoms with Gasteiger partial charge in [-0.3, -0.25) is 4.99 Å². The van der Waals surface area contributed by atoms with Crippen LogP contribution in [0.4, 0.5) is 5.69 Å². The van der Waals surface area contributed by atoms with Gasteiger partial charge in [0, 0.05) is 11.1 Å². The van der Waals surface area contributed by atoms with Gasteiger partial charge in [-0.05, 0) is 43.0 Å². The summed E-state index contributed by atoms with van der Waals surface area (Å²) in [5, 5.41) is 0. The van der Waals surface area contributed by atoms with Crippen LogP contribution in [0.5, 0.6) is 0 Å². The molecule has 0 atom stereocenters. The summed E-state index contributed by atoms with van der Waals surface area (Å²) < 4.78 is 0. The molecule has 0 saturated heterocycles. The van der Waals surface area contributed by atoms with Gasteiger partial charge in [-0.25, -0.2) is 0 Å². The fraction of sp³-hybridized carbons (Fsp3) is 0.133. The summed E-state index contributed by atoms with van der Waals surface area (Å²) in [5.41, 5.74) is 3.39. The highest BCUT2D eigenvalue weighted by atomic mass is 32.2. The smallest absolute Gasteiger partial charge is 0.0630 e. The molecule has 2 aromatic rings. The van der Waals surface area contributed by atoms with E-state index in [-0.39, 0.29) is 0 Å². The van der Waals surface area contributed by atoms with Gasteiger partial charge in [0.25, 0.3) is 0 Å². The van der Waals surface area contributed by atoms with Crippen molar-refractivity contribution in [2.24, 2.45) is 4.99 Å². The lowest BCUT2D eigenvalue weighted by atomic mass is 10.2. The van der Waals surface area contributed by atoms with Gasteiger partial charge in [-0.15, -0.1) is 11.8 Å². The Balaban J connectivity index is 2.11. The predicted molar refractivity (Wildman–Crippen MR) is 76.7 cm³/mol. The summed E-state index contributed by atoms with van der Waals surface area (Å²) in [7, 11) is 0. The van der Waals surface area contributed by atoms with E-state index in [1.165, 1.54) is 10.5 Å². The number of hydrogen-bond donors (Lipinski definition) is 0. The molecule has 2 rings (SSSR count). The zero-order chi connectivity index (χ0) is 12.1. The topological polar surface area (TPSA) is 12.4 Å². The van der Waals surface area contributed by atoms with Crippen molar-refractivity contribution in [3.63, 3.8) is 0 Å². The van der Waals surface area contributed by atoms with Crippen molar-refractivity contribution in [3.05, 3.63) is 59.7 Å². The molecular formula is C15H15NS. The first-order chi connectivity index (χ1) is 8.28. The third kappa shape index (κ3) is 3.46. The van der Waals surface area contributed by atoms with Crippen molar-refractivity contribution >= 4 is 23.7 Å². The highest BCUT2D eigenvalue weighted by Gasteiger charge is 1.91. The third-order valence-electron chi connectivity index (χ3n) is 2.51. The molecule has 17 heavy (non-hydrogen) atoms. The average molecular weight is 241 g/mol. The highest BCUT2D eigenvalue weighted by Crippen LogP contribution is 2.19. The molecule has 0 N–H and O–H groups in total. The fourth-order valence-electron chi connectivity index (χ4n) is 1.47. The van der Waals surface area contributed by atoms with Gasteiger partial charge >= 0.3 is 0 Å². The average Bonchev–Trinajstić information content (AvgIpc) is 2.39. The Bertz CT molecular complexity index is 497. The molecule has 0 aliphatic rings. The van der Waals surface area contributed by atoms with Crippen LogP contribution >= 0.6 is 11.8 Å². The van der Waals surface area contributed by atoms with E-state index in [0.717, 1.165) is 11.3 Å². The molecule has 2 aromatic carbocycles. The molecule has 0 spiro atoms. The Labute approximate surface area is 107 Å². The summed E-state index contributed by atoms with van der Waals surface area (Å²) >= 11 is 1.74. The second-order valence-corrected chi connectivity index (χ2v) is 4.75. The first-order valence-corrected chi connectivity index (χ1v) is 6.75. The number of hydrogen-bond acceptors (Lipinski definition) is 2. The van der Waals surface area contributed by atoms with Crippen molar-refractivity contribution in [2.75, 3.05) is 6.26 Å². The van der Waals surface area contributed by atoms with Crippen LogP contribution in [0.1, 0.15) is 11.1 Å². The van der Waals surface area contributed by atoms with E-state index in [4.69, 9.17) is 0 Å². The van der Waals surface area contributed by atoms with Crippen LogP contribution in [0.3, 0.4) is 0 Å². The van der Waals surface area contributed by atoms with Gasteiger partial charge < -0.3 is 0 Å². The molecule has 0 unspecified atom stereocenters. The zero-order valence-corrected chi connectivity index (χ0v) is 10.9. The molecule has 86 valence electrons. The molecule has 0 aromatic heterocycles. The Morgan fingerprint density at radius 1 is 0.941 bits per heavy atom. The maximum absolute atomic E-state index is 4.45. The lowest BCUT2D eigenvalue weighted by molar-refractivity contribution is 1.42. The van der Waals surface area contributed by atoms with E-state index in [1.807, 2.05) is 18.3 Å². The number of nitrogens with zero attached hydrogens (tertiary/aromatic N) is 1. The molecular weight excluding hydrogens is 226 g/mol. The van der Waals surface area contributed by atoms with E-state index >= 15 is 0 Å². The number of thioether (sulfide) groups is 1. The van der Waals surface area contributed by atoms with Gasteiger partial charge in [0.15, 0.2) is 0 Å². The highest BCUT2D eigenvalue weighted by molar-refractivity contribution is 7.98. The summed E-state index contributed by atoms with van der Waals surface area (Å²) in [6, 6.07) is 16.6. The van der Waals surface area contributed by atoms with Crippen LogP contribution < -0.4 is 0 Å². The van der Waals surface area contributed by atoms with Crippen molar-refractivity contribution in [3.8, 4) is 0 Å². The minimum Gasteiger partial charge on any atom is -0.256 e. The first kappa shape index (κ1) is 11.9. The summed E-state index contributed by atoms with van der Waals surface area (Å²) in [6.07, 6.45) is 3.97. The lowest BCUT2D eigenvalue weighted by Crippen LogP contribution is -1.80. The molecule has 0 radical (unpaired) electrons. The SMILES string of the molecule is CSc1ccc(N=Cc2ccc(C)cc2)cc1. The maximum atomic E-state index is 4.45. The van der Waals surface area contributed by atoms with Crippen LogP contribution in [0, 0.1) is 6.92 Å². The Morgan fingerprint density at radius 3 is 2.18 bits per heavy atom. The number of rotatable bonds is 3. The maximum Gasteiger partial charge on any atom is 0.0630 e. The molecule has 1 nitrogen and oxygen atoms in total. The number of aliphatic imine (C=N–C) groups is 1. The van der Waals surface area contributed by atoms with Crippen LogP contribution in [0.2, 0.25) is 0 Å². The number of aryl methyl sites for hydroxylation is 1. The predicted octanol–water partition coefficient (Wildman–Crippen LogP) is 4.47. The van der Waals surface area contributed by atoms with Gasteiger partial charge in [-0.1, -0.05) is 29.8 Å². The Morgan fingerprint density at radius 2 is 1.59 bits per heavy atom. The van der Waals surface area contributed by atoms with E-state index in [9.17, 15) is 0 Å². The molecule has 0 aliphatic heterocycles. The Hall–Kier alpha value is -1.54. The van der Waals surface area contributed by atoms with E-state index < -0.39 is 0 Å². The van der Waals surface area contributed by atoms with Crippen LogP contribution in [0.15, 0.2) is 58.4 Å². The van der Waals surface area contributed by atoms with Gasteiger partial charge in [0.1, 0.15) is 0 Å². The Kier molecular flexibility index (Phi) is 3.99. The van der Waals surface area contributed by atoms with Crippen molar-refractivity contribution < 1.29 is 0 Å². The normalized spacial score (nSPS) is 10.9. The zero-order valence-electron chi connectivity index (χ0n) is 10.1. The largest absolute Gasteiger partial charge is 0.256 e. The summed E-state index contributed by atoms with van der Waals surface area (Å²) in [6.45, 7) is 2.09. The first-order valence-electron chi connectivity index (χ1n) is 5.53. The third-order valence-corrected chi connectivity index (χ3v) is 3.26. The standard InChI is InChI=1S/C15H15NS/c1-12-3-5-13(6-4-12)11-16-14-7-9-15(17-2)10-8-14/h3-11H,1-2H3. The molecule has 0 heterocycles. The fourth-order valence-corrected chi connectivity index (χ4v) is 1.88. The second-order valence-electron chi connectivity index (χ2n) is 3.87. The van der Waals surface area contributed by atoms with Gasteiger partial charge in [0.05, 0.1) is 5.69 Å². The minimum atomic E-state index is 0.989. The monoisotopic (exact) mass is 241 g/mol. The van der Waals surface area contributed by atoms with E-state index in [2.05, 4.69) is 54.6 Å². The van der Waals surface area contributed by atoms with Crippen LogP contribution in [-0.4, -0.2) is 12.5 Å². The van der Waals surface area contributed by atoms with E-state index in [0.29, 0.717) is 0 Å². The summed E-state index contributed by atoms with van der Waals surface area (Å²) in [4.78, 5) is 5.71. The lowest BCUT2D eigenvalue weighted by Gasteiger charge is -1.97. The summed E-state index contributed by atoms with van der Waals surface area (Å²) in [5.74, 6) is 0. The minimum absolute atomic E-state index is 0.989. The molecule has 2 heteroatoms. The molecule has 0 saturated carbocycles. The quantitative estimate of drug-likeness (QED) is 0.570. The molecule has 0 fully saturated rings. The van der Waals surface area contributed by atoms with Crippen molar-refractivity contribution in [1.82, 2.24) is 0 Å². The number of benzene rings is 2. The van der Waals surface area contributed by atoms with Gasteiger partial charge in [-0.2, -0.15) is 0 Å². The van der Waals surface area contributed by atoms with Crippen molar-refractivity contribution in [2.45, 2.75) is 11.8 Å². The van der Waals surface area contributed by atoms with Crippen molar-refractivity contribution in [1.29, 1.82) is 0 Å².